The minimum atomic E-state index is -0.311. The number of anilines is 6. The predicted molar refractivity (Wildman–Crippen MR) is 244 cm³/mol. The van der Waals surface area contributed by atoms with Crippen molar-refractivity contribution in [2.75, 3.05) is 9.80 Å². The molecular weight excluding hydrogens is 709 g/mol. The standard InChI is InChI=1S/C54H42N2S/c1-53(2)44-21-13-11-19-41(44)42-29-27-39(33-45(42)53)55(37-17-9-6-10-18-37)40-28-30-47-46(34-40)54(3,4)52-48(31-32-50-51(52)43-20-12-14-22-49(43)57-50)56(47)38-25-23-36(24-26-38)35-15-7-5-8-16-35/h5-34H,1-4H3. The van der Waals surface area contributed by atoms with Crippen molar-refractivity contribution in [3.63, 3.8) is 0 Å². The fourth-order valence-corrected chi connectivity index (χ4v) is 10.9. The van der Waals surface area contributed by atoms with E-state index in [1.165, 1.54) is 76.1 Å². The summed E-state index contributed by atoms with van der Waals surface area (Å²) in [4.78, 5) is 4.95. The van der Waals surface area contributed by atoms with E-state index in [-0.39, 0.29) is 10.8 Å². The van der Waals surface area contributed by atoms with Gasteiger partial charge in [0.05, 0.1) is 11.4 Å². The number of rotatable bonds is 5. The summed E-state index contributed by atoms with van der Waals surface area (Å²) in [5.41, 5.74) is 17.2. The highest BCUT2D eigenvalue weighted by atomic mass is 32.1. The zero-order valence-corrected chi connectivity index (χ0v) is 33.4. The summed E-state index contributed by atoms with van der Waals surface area (Å²) in [6, 6.07) is 67.4. The van der Waals surface area contributed by atoms with Crippen LogP contribution >= 0.6 is 11.3 Å². The van der Waals surface area contributed by atoms with Gasteiger partial charge in [-0.2, -0.15) is 0 Å². The van der Waals surface area contributed by atoms with Crippen LogP contribution in [0, 0.1) is 0 Å². The Morgan fingerprint density at radius 3 is 1.84 bits per heavy atom. The molecule has 3 heteroatoms. The average Bonchev–Trinajstić information content (AvgIpc) is 3.74. The Kier molecular flexibility index (Phi) is 7.46. The highest BCUT2D eigenvalue weighted by molar-refractivity contribution is 7.25. The Labute approximate surface area is 338 Å². The maximum Gasteiger partial charge on any atom is 0.0509 e. The summed E-state index contributed by atoms with van der Waals surface area (Å²) in [6.07, 6.45) is 0. The molecule has 0 spiro atoms. The first kappa shape index (κ1) is 33.9. The molecule has 0 fully saturated rings. The Hall–Kier alpha value is -6.42. The highest BCUT2D eigenvalue weighted by Gasteiger charge is 2.40. The predicted octanol–water partition coefficient (Wildman–Crippen LogP) is 15.6. The molecular formula is C54H42N2S. The fourth-order valence-electron chi connectivity index (χ4n) is 9.82. The molecule has 1 aliphatic heterocycles. The Bertz CT molecular complexity index is 3010. The van der Waals surface area contributed by atoms with Crippen LogP contribution in [0.3, 0.4) is 0 Å². The number of benzene rings is 8. The van der Waals surface area contributed by atoms with Gasteiger partial charge >= 0.3 is 0 Å². The van der Waals surface area contributed by atoms with Gasteiger partial charge in [-0.1, -0.05) is 137 Å². The normalized spacial score (nSPS) is 14.6. The molecule has 57 heavy (non-hydrogen) atoms. The van der Waals surface area contributed by atoms with Gasteiger partial charge in [0.2, 0.25) is 0 Å². The van der Waals surface area contributed by atoms with Gasteiger partial charge in [0, 0.05) is 53.8 Å². The van der Waals surface area contributed by atoms with Gasteiger partial charge in [-0.05, 0) is 117 Å². The highest BCUT2D eigenvalue weighted by Crippen LogP contribution is 2.57. The first-order valence-electron chi connectivity index (χ1n) is 19.9. The van der Waals surface area contributed by atoms with Crippen molar-refractivity contribution < 1.29 is 0 Å². The number of nitrogens with zero attached hydrogens (tertiary/aromatic N) is 2. The summed E-state index contributed by atoms with van der Waals surface area (Å²) in [7, 11) is 0. The first-order valence-corrected chi connectivity index (χ1v) is 20.8. The molecule has 274 valence electrons. The van der Waals surface area contributed by atoms with E-state index >= 15 is 0 Å². The van der Waals surface area contributed by atoms with Crippen LogP contribution in [0.5, 0.6) is 0 Å². The second-order valence-corrected chi connectivity index (χ2v) is 17.7. The summed E-state index contributed by atoms with van der Waals surface area (Å²) >= 11 is 1.89. The Balaban J connectivity index is 1.13. The lowest BCUT2D eigenvalue weighted by Crippen LogP contribution is -2.31. The Morgan fingerprint density at radius 1 is 0.439 bits per heavy atom. The minimum absolute atomic E-state index is 0.100. The van der Waals surface area contributed by atoms with Gasteiger partial charge in [-0.25, -0.2) is 0 Å². The molecule has 0 saturated carbocycles. The topological polar surface area (TPSA) is 6.48 Å². The molecule has 9 aromatic rings. The van der Waals surface area contributed by atoms with Crippen molar-refractivity contribution in [3.8, 4) is 22.3 Å². The third kappa shape index (κ3) is 5.08. The van der Waals surface area contributed by atoms with Crippen LogP contribution < -0.4 is 9.80 Å². The van der Waals surface area contributed by atoms with Crippen LogP contribution in [0.1, 0.15) is 49.9 Å². The monoisotopic (exact) mass is 750 g/mol. The van der Waals surface area contributed by atoms with E-state index in [1.54, 1.807) is 0 Å². The van der Waals surface area contributed by atoms with E-state index in [4.69, 9.17) is 0 Å². The number of para-hydroxylation sites is 1. The summed E-state index contributed by atoms with van der Waals surface area (Å²) in [6.45, 7) is 9.59. The molecule has 11 rings (SSSR count). The van der Waals surface area contributed by atoms with Gasteiger partial charge in [0.25, 0.3) is 0 Å². The second-order valence-electron chi connectivity index (χ2n) is 16.6. The molecule has 0 N–H and O–H groups in total. The number of fused-ring (bicyclic) bond motifs is 9. The van der Waals surface area contributed by atoms with Crippen molar-refractivity contribution in [1.29, 1.82) is 0 Å². The first-order chi connectivity index (χ1) is 27.8. The molecule has 1 aromatic heterocycles. The van der Waals surface area contributed by atoms with Crippen LogP contribution in [-0.4, -0.2) is 0 Å². The quantitative estimate of drug-likeness (QED) is 0.173. The fraction of sp³-hybridized carbons (Fsp3) is 0.111. The summed E-state index contributed by atoms with van der Waals surface area (Å²) in [5.74, 6) is 0. The molecule has 0 bridgehead atoms. The van der Waals surface area contributed by atoms with Crippen molar-refractivity contribution in [3.05, 3.63) is 204 Å². The molecule has 1 aliphatic carbocycles. The lowest BCUT2D eigenvalue weighted by Gasteiger charge is -2.43. The van der Waals surface area contributed by atoms with Gasteiger partial charge < -0.3 is 9.80 Å². The summed E-state index contributed by atoms with van der Waals surface area (Å²) in [5, 5.41) is 2.69. The van der Waals surface area contributed by atoms with E-state index in [1.807, 2.05) is 11.3 Å². The van der Waals surface area contributed by atoms with Crippen LogP contribution in [0.4, 0.5) is 34.1 Å². The number of thiophene rings is 1. The lowest BCUT2D eigenvalue weighted by molar-refractivity contribution is 0.638. The maximum atomic E-state index is 2.50. The van der Waals surface area contributed by atoms with Crippen molar-refractivity contribution in [1.82, 2.24) is 0 Å². The van der Waals surface area contributed by atoms with Crippen LogP contribution in [0.2, 0.25) is 0 Å². The van der Waals surface area contributed by atoms with Crippen LogP contribution in [-0.2, 0) is 10.8 Å². The minimum Gasteiger partial charge on any atom is -0.310 e. The number of hydrogen-bond acceptors (Lipinski definition) is 3. The van der Waals surface area contributed by atoms with Gasteiger partial charge in [0.1, 0.15) is 0 Å². The summed E-state index contributed by atoms with van der Waals surface area (Å²) < 4.78 is 2.65. The van der Waals surface area contributed by atoms with Crippen molar-refractivity contribution in [2.45, 2.75) is 38.5 Å². The zero-order chi connectivity index (χ0) is 38.5. The van der Waals surface area contributed by atoms with E-state index in [2.05, 4.69) is 219 Å². The van der Waals surface area contributed by atoms with E-state index < -0.39 is 0 Å². The van der Waals surface area contributed by atoms with E-state index in [0.717, 1.165) is 22.7 Å². The maximum absolute atomic E-state index is 2.50. The molecule has 0 saturated heterocycles. The van der Waals surface area contributed by atoms with Gasteiger partial charge in [-0.3, -0.25) is 0 Å². The number of hydrogen-bond donors (Lipinski definition) is 0. The smallest absolute Gasteiger partial charge is 0.0509 e. The Morgan fingerprint density at radius 2 is 1.05 bits per heavy atom. The molecule has 2 aliphatic rings. The van der Waals surface area contributed by atoms with E-state index in [9.17, 15) is 0 Å². The van der Waals surface area contributed by atoms with Gasteiger partial charge in [0.15, 0.2) is 0 Å². The molecule has 0 unspecified atom stereocenters. The molecule has 0 atom stereocenters. The molecule has 8 aromatic carbocycles. The van der Waals surface area contributed by atoms with Crippen LogP contribution in [0.15, 0.2) is 182 Å². The van der Waals surface area contributed by atoms with Gasteiger partial charge in [-0.15, -0.1) is 11.3 Å². The molecule has 0 radical (unpaired) electrons. The SMILES string of the molecule is CC1(C)c2ccccc2-c2ccc(N(c3ccccc3)c3ccc4c(c3)C(C)(C)c3c(ccc5sc6ccccc6c35)N4c3ccc(-c4ccccc4)cc3)cc21. The van der Waals surface area contributed by atoms with Crippen molar-refractivity contribution in [2.24, 2.45) is 0 Å². The average molecular weight is 751 g/mol. The van der Waals surface area contributed by atoms with E-state index in [0.29, 0.717) is 0 Å². The third-order valence-electron chi connectivity index (χ3n) is 12.6. The largest absolute Gasteiger partial charge is 0.310 e. The lowest BCUT2D eigenvalue weighted by atomic mass is 9.71. The van der Waals surface area contributed by atoms with Crippen LogP contribution in [0.25, 0.3) is 42.4 Å². The molecule has 0 amide bonds. The second kappa shape index (κ2) is 12.5. The van der Waals surface area contributed by atoms with Crippen molar-refractivity contribution >= 4 is 65.6 Å². The molecule has 2 nitrogen and oxygen atoms in total. The molecule has 2 heterocycles. The third-order valence-corrected chi connectivity index (χ3v) is 13.7. The zero-order valence-electron chi connectivity index (χ0n) is 32.6.